The van der Waals surface area contributed by atoms with Gasteiger partial charge in [0, 0.05) is 36.7 Å². The summed E-state index contributed by atoms with van der Waals surface area (Å²) in [5.41, 5.74) is 2.09. The lowest BCUT2D eigenvalue weighted by Crippen LogP contribution is -2.45. The number of ether oxygens (including phenoxy) is 1. The van der Waals surface area contributed by atoms with Gasteiger partial charge in [-0.15, -0.1) is 0 Å². The molecule has 2 aliphatic heterocycles. The highest BCUT2D eigenvalue weighted by atomic mass is 16.6. The summed E-state index contributed by atoms with van der Waals surface area (Å²) in [7, 11) is 0. The maximum Gasteiger partial charge on any atom is 0.410 e. The highest BCUT2D eigenvalue weighted by Gasteiger charge is 2.40. The Bertz CT molecular complexity index is 798. The van der Waals surface area contributed by atoms with E-state index in [0.717, 1.165) is 17.7 Å². The predicted octanol–water partition coefficient (Wildman–Crippen LogP) is -1.30. The van der Waals surface area contributed by atoms with E-state index in [0.29, 0.717) is 32.5 Å². The first kappa shape index (κ1) is 21.6. The van der Waals surface area contributed by atoms with Crippen LogP contribution in [-0.2, 0) is 32.1 Å². The van der Waals surface area contributed by atoms with Crippen LogP contribution in [0, 0.1) is 5.92 Å². The van der Waals surface area contributed by atoms with Crippen molar-refractivity contribution in [2.24, 2.45) is 5.92 Å². The van der Waals surface area contributed by atoms with E-state index >= 15 is 0 Å². The van der Waals surface area contributed by atoms with Crippen LogP contribution in [0.2, 0.25) is 0 Å². The molecule has 0 bridgehead atoms. The molecule has 164 valence electrons. The Kier molecular flexibility index (Phi) is 6.87. The summed E-state index contributed by atoms with van der Waals surface area (Å²) in [6.45, 7) is 1.45. The van der Waals surface area contributed by atoms with Crippen molar-refractivity contribution in [1.82, 2.24) is 25.3 Å². The molecule has 4 rings (SSSR count). The highest BCUT2D eigenvalue weighted by molar-refractivity contribution is 5.83. The van der Waals surface area contributed by atoms with E-state index in [4.69, 9.17) is 14.6 Å². The number of aromatic amines is 1. The summed E-state index contributed by atoms with van der Waals surface area (Å²) in [4.78, 5) is 47.9. The molecule has 3 atom stereocenters. The number of carboxylic acid groups (broad SMARTS) is 1. The van der Waals surface area contributed by atoms with Gasteiger partial charge < -0.3 is 25.2 Å². The maximum absolute atomic E-state index is 12.8. The Hall–Kier alpha value is -3.15. The zero-order valence-corrected chi connectivity index (χ0v) is 16.3. The zero-order chi connectivity index (χ0) is 21.7. The highest BCUT2D eigenvalue weighted by Crippen LogP contribution is 2.29. The molecule has 0 unspecified atom stereocenters. The topological polar surface area (TPSA) is 165 Å². The molecular formula is C18H25N5O7. The fraction of sp³-hybridized carbons (Fsp3) is 0.611. The van der Waals surface area contributed by atoms with Crippen LogP contribution < -0.4 is 5.32 Å². The Morgan fingerprint density at radius 3 is 2.83 bits per heavy atom. The molecule has 12 nitrogen and oxygen atoms in total. The molecule has 3 heterocycles. The lowest BCUT2D eigenvalue weighted by atomic mass is 10.0. The molecular weight excluding hydrogens is 398 g/mol. The second-order valence-corrected chi connectivity index (χ2v) is 7.43. The molecule has 1 saturated carbocycles. The number of hydrogen-bond donors (Lipinski definition) is 4. The molecule has 1 aromatic rings. The van der Waals surface area contributed by atoms with Gasteiger partial charge in [0.1, 0.15) is 13.2 Å². The van der Waals surface area contributed by atoms with Crippen molar-refractivity contribution in [3.63, 3.8) is 0 Å². The number of carbonyl (C=O) groups excluding carboxylic acids is 3. The van der Waals surface area contributed by atoms with Gasteiger partial charge in [0.15, 0.2) is 0 Å². The van der Waals surface area contributed by atoms with E-state index in [1.54, 1.807) is 11.1 Å². The fourth-order valence-electron chi connectivity index (χ4n) is 4.04. The molecule has 4 N–H and O–H groups in total. The number of aromatic nitrogens is 2. The molecule has 1 saturated heterocycles. The van der Waals surface area contributed by atoms with Crippen LogP contribution in [-0.4, -0.2) is 93.0 Å². The van der Waals surface area contributed by atoms with Gasteiger partial charge in [0.2, 0.25) is 11.8 Å². The Morgan fingerprint density at radius 2 is 2.13 bits per heavy atom. The summed E-state index contributed by atoms with van der Waals surface area (Å²) in [5.74, 6) is -0.678. The monoisotopic (exact) mass is 423 g/mol. The number of rotatable bonds is 4. The van der Waals surface area contributed by atoms with Gasteiger partial charge in [-0.25, -0.2) is 4.79 Å². The molecule has 1 aromatic heterocycles. The van der Waals surface area contributed by atoms with Crippen molar-refractivity contribution < 1.29 is 34.1 Å². The quantitative estimate of drug-likeness (QED) is 0.434. The van der Waals surface area contributed by atoms with E-state index in [9.17, 15) is 19.5 Å². The average molecular weight is 423 g/mol. The van der Waals surface area contributed by atoms with Gasteiger partial charge in [-0.3, -0.25) is 24.4 Å². The lowest BCUT2D eigenvalue weighted by Gasteiger charge is -2.29. The van der Waals surface area contributed by atoms with E-state index in [1.165, 1.54) is 4.90 Å². The first-order valence-corrected chi connectivity index (χ1v) is 9.69. The molecule has 3 amide bonds. The van der Waals surface area contributed by atoms with Crippen LogP contribution in [0.4, 0.5) is 4.79 Å². The number of hydrogen-bond acceptors (Lipinski definition) is 7. The van der Waals surface area contributed by atoms with E-state index in [-0.39, 0.29) is 37.4 Å². The zero-order valence-electron chi connectivity index (χ0n) is 16.3. The maximum atomic E-state index is 12.8. The van der Waals surface area contributed by atoms with Crippen molar-refractivity contribution in [2.45, 2.75) is 38.0 Å². The Balaban J connectivity index is 0.000000806. The van der Waals surface area contributed by atoms with Gasteiger partial charge in [0.05, 0.1) is 24.9 Å². The third-order valence-corrected chi connectivity index (χ3v) is 5.52. The van der Waals surface area contributed by atoms with Gasteiger partial charge in [-0.05, 0) is 12.8 Å². The molecule has 2 fully saturated rings. The van der Waals surface area contributed by atoms with Crippen LogP contribution in [0.1, 0.15) is 24.1 Å². The number of cyclic esters (lactones) is 1. The summed E-state index contributed by atoms with van der Waals surface area (Å²) < 4.78 is 4.79. The van der Waals surface area contributed by atoms with E-state index in [1.807, 2.05) is 0 Å². The third kappa shape index (κ3) is 4.87. The van der Waals surface area contributed by atoms with Crippen molar-refractivity contribution in [3.8, 4) is 0 Å². The minimum atomic E-state index is -0.775. The van der Waals surface area contributed by atoms with Crippen molar-refractivity contribution >= 4 is 24.4 Å². The molecule has 12 heteroatoms. The summed E-state index contributed by atoms with van der Waals surface area (Å²) in [6, 6.07) is -0.487. The third-order valence-electron chi connectivity index (χ3n) is 5.52. The minimum absolute atomic E-state index is 0.000713. The van der Waals surface area contributed by atoms with Gasteiger partial charge >= 0.3 is 6.09 Å². The molecule has 30 heavy (non-hydrogen) atoms. The van der Waals surface area contributed by atoms with Crippen molar-refractivity contribution in [2.75, 3.05) is 26.2 Å². The molecule has 0 radical (unpaired) electrons. The summed E-state index contributed by atoms with van der Waals surface area (Å²) in [5, 5.41) is 26.9. The van der Waals surface area contributed by atoms with E-state index in [2.05, 4.69) is 15.5 Å². The normalized spacial score (nSPS) is 25.1. The summed E-state index contributed by atoms with van der Waals surface area (Å²) in [6.07, 6.45) is 1.92. The number of nitrogens with zero attached hydrogens (tertiary/aromatic N) is 3. The minimum Gasteiger partial charge on any atom is -0.483 e. The molecule has 1 aliphatic carbocycles. The smallest absolute Gasteiger partial charge is 0.410 e. The number of fused-ring (bicyclic) bond motifs is 1. The Morgan fingerprint density at radius 1 is 1.37 bits per heavy atom. The molecule has 0 spiro atoms. The van der Waals surface area contributed by atoms with Gasteiger partial charge in [-0.1, -0.05) is 0 Å². The van der Waals surface area contributed by atoms with Crippen LogP contribution >= 0.6 is 0 Å². The van der Waals surface area contributed by atoms with E-state index < -0.39 is 18.2 Å². The number of aliphatic hydroxyl groups excluding tert-OH is 1. The largest absolute Gasteiger partial charge is 0.483 e. The molecule has 3 aliphatic rings. The first-order chi connectivity index (χ1) is 14.4. The number of aliphatic hydroxyl groups is 1. The summed E-state index contributed by atoms with van der Waals surface area (Å²) >= 11 is 0. The number of carbonyl (C=O) groups is 4. The van der Waals surface area contributed by atoms with Crippen LogP contribution in [0.5, 0.6) is 0 Å². The van der Waals surface area contributed by atoms with Gasteiger partial charge in [0.25, 0.3) is 6.47 Å². The lowest BCUT2D eigenvalue weighted by molar-refractivity contribution is -0.136. The second kappa shape index (κ2) is 9.57. The predicted molar refractivity (Wildman–Crippen MR) is 100.0 cm³/mol. The standard InChI is InChI=1S/C17H23N5O5.CH2O2/c23-14-6-10(16(25)21-2-1-12-11(8-21)7-18-20-12)5-13(14)19-15(24)9-22-3-4-27-17(22)26;2-1-3/h7,10,13-14,23H,1-6,8-9H2,(H,18,20)(H,19,24);1H,(H,2,3)/t10-,13+,14+;/m0./s1. The SMILES string of the molecule is O=C(CN1CCOC1=O)N[C@@H]1C[C@H](C(=O)N2CCc3[nH]ncc3C2)C[C@H]1O.O=CO. The number of nitrogens with one attached hydrogen (secondary N) is 2. The van der Waals surface area contributed by atoms with Crippen LogP contribution in [0.3, 0.4) is 0 Å². The number of H-pyrrole nitrogens is 1. The fourth-order valence-corrected chi connectivity index (χ4v) is 4.04. The number of amides is 3. The second-order valence-electron chi connectivity index (χ2n) is 7.43. The van der Waals surface area contributed by atoms with Crippen molar-refractivity contribution in [1.29, 1.82) is 0 Å². The Labute approximate surface area is 172 Å². The molecule has 0 aromatic carbocycles. The van der Waals surface area contributed by atoms with Gasteiger partial charge in [-0.2, -0.15) is 5.10 Å². The van der Waals surface area contributed by atoms with Crippen LogP contribution in [0.15, 0.2) is 6.20 Å². The van der Waals surface area contributed by atoms with Crippen molar-refractivity contribution in [3.05, 3.63) is 17.5 Å². The average Bonchev–Trinajstić information content (AvgIpc) is 3.43. The van der Waals surface area contributed by atoms with Crippen LogP contribution in [0.25, 0.3) is 0 Å². The first-order valence-electron chi connectivity index (χ1n) is 9.69.